The molecule has 1 aliphatic carbocycles. The molecule has 1 amide bonds. The van der Waals surface area contributed by atoms with Crippen LogP contribution >= 0.6 is 11.6 Å². The van der Waals surface area contributed by atoms with E-state index in [1.165, 1.54) is 16.3 Å². The molecule has 0 bridgehead atoms. The van der Waals surface area contributed by atoms with E-state index >= 15 is 0 Å². The van der Waals surface area contributed by atoms with Crippen LogP contribution in [0.1, 0.15) is 32.3 Å². The van der Waals surface area contributed by atoms with Crippen molar-refractivity contribution in [2.24, 2.45) is 5.41 Å². The predicted octanol–water partition coefficient (Wildman–Crippen LogP) is 4.30. The number of amides is 1. The maximum atomic E-state index is 12.3. The molecule has 2 nitrogen and oxygen atoms in total. The molecule has 0 unspecified atom stereocenters. The van der Waals surface area contributed by atoms with Gasteiger partial charge in [0.1, 0.15) is 0 Å². The molecule has 22 heavy (non-hydrogen) atoms. The fourth-order valence-electron chi connectivity index (χ4n) is 3.66. The van der Waals surface area contributed by atoms with Crippen LogP contribution < -0.4 is 5.32 Å². The van der Waals surface area contributed by atoms with E-state index < -0.39 is 0 Å². The minimum Gasteiger partial charge on any atom is -0.355 e. The molecule has 0 atom stereocenters. The zero-order chi connectivity index (χ0) is 15.8. The molecule has 0 saturated heterocycles. The van der Waals surface area contributed by atoms with Gasteiger partial charge in [0, 0.05) is 16.8 Å². The molecule has 116 valence electrons. The number of hydrogen-bond acceptors (Lipinski definition) is 1. The molecule has 1 saturated carbocycles. The lowest BCUT2D eigenvalue weighted by molar-refractivity contribution is -0.136. The maximum absolute atomic E-state index is 12.3. The molecule has 3 rings (SSSR count). The second kappa shape index (κ2) is 5.58. The van der Waals surface area contributed by atoms with E-state index in [-0.39, 0.29) is 16.2 Å². The van der Waals surface area contributed by atoms with E-state index in [2.05, 4.69) is 41.7 Å². The van der Waals surface area contributed by atoms with Gasteiger partial charge in [0.05, 0.1) is 0 Å². The Balaban J connectivity index is 1.55. The number of halogens is 1. The summed E-state index contributed by atoms with van der Waals surface area (Å²) in [6, 6.07) is 14.8. The Bertz CT molecular complexity index is 699. The minimum atomic E-state index is -0.292. The van der Waals surface area contributed by atoms with E-state index in [4.69, 9.17) is 11.6 Å². The van der Waals surface area contributed by atoms with Crippen molar-refractivity contribution >= 4 is 28.3 Å². The maximum Gasteiger partial charge on any atom is 0.226 e. The van der Waals surface area contributed by atoms with Crippen LogP contribution in [0.2, 0.25) is 0 Å². The van der Waals surface area contributed by atoms with Gasteiger partial charge in [-0.3, -0.25) is 4.79 Å². The average Bonchev–Trinajstić information content (AvgIpc) is 2.45. The van der Waals surface area contributed by atoms with Gasteiger partial charge in [-0.05, 0) is 42.5 Å². The third-order valence-electron chi connectivity index (χ3n) is 4.58. The fraction of sp³-hybridized carbons (Fsp3) is 0.421. The molecule has 0 radical (unpaired) electrons. The molecule has 0 spiro atoms. The van der Waals surface area contributed by atoms with Crippen LogP contribution in [0.15, 0.2) is 42.5 Å². The van der Waals surface area contributed by atoms with Crippen LogP contribution in [0.25, 0.3) is 10.8 Å². The summed E-state index contributed by atoms with van der Waals surface area (Å²) in [4.78, 5) is 12.1. The third kappa shape index (κ3) is 3.12. The van der Waals surface area contributed by atoms with Gasteiger partial charge in [-0.2, -0.15) is 0 Å². The summed E-state index contributed by atoms with van der Waals surface area (Å²) in [5.74, 6) is 0.131. The van der Waals surface area contributed by atoms with Gasteiger partial charge in [0.25, 0.3) is 0 Å². The van der Waals surface area contributed by atoms with Gasteiger partial charge in [-0.15, -0.1) is 11.6 Å². The van der Waals surface area contributed by atoms with Crippen molar-refractivity contribution in [3.63, 3.8) is 0 Å². The number of carbonyl (C=O) groups excluding carboxylic acids is 1. The molecule has 3 heteroatoms. The summed E-state index contributed by atoms with van der Waals surface area (Å²) in [6.07, 6.45) is 2.36. The lowest BCUT2D eigenvalue weighted by atomic mass is 9.63. The summed E-state index contributed by atoms with van der Waals surface area (Å²) in [6.45, 7) is 4.67. The first-order chi connectivity index (χ1) is 10.4. The second-order valence-electron chi connectivity index (χ2n) is 7.01. The lowest BCUT2D eigenvalue weighted by Crippen LogP contribution is -2.53. The van der Waals surface area contributed by atoms with Gasteiger partial charge < -0.3 is 5.32 Å². The Morgan fingerprint density at radius 3 is 2.50 bits per heavy atom. The van der Waals surface area contributed by atoms with E-state index in [1.54, 1.807) is 0 Å². The third-order valence-corrected chi connectivity index (χ3v) is 4.85. The largest absolute Gasteiger partial charge is 0.355 e. The fourth-order valence-corrected chi connectivity index (χ4v) is 4.25. The van der Waals surface area contributed by atoms with Crippen LogP contribution in [-0.2, 0) is 11.2 Å². The first-order valence-electron chi connectivity index (χ1n) is 7.83. The molecule has 0 aliphatic heterocycles. The molecule has 1 N–H and O–H groups in total. The van der Waals surface area contributed by atoms with Crippen molar-refractivity contribution in [2.75, 3.05) is 6.54 Å². The smallest absolute Gasteiger partial charge is 0.226 e. The number of benzene rings is 2. The van der Waals surface area contributed by atoms with Crippen LogP contribution in [0.3, 0.4) is 0 Å². The topological polar surface area (TPSA) is 29.1 Å². The van der Waals surface area contributed by atoms with Crippen molar-refractivity contribution in [3.05, 3.63) is 48.0 Å². The summed E-state index contributed by atoms with van der Waals surface area (Å²) >= 11 is 6.24. The summed E-state index contributed by atoms with van der Waals surface area (Å²) < 4.78 is 0. The minimum absolute atomic E-state index is 0.131. The lowest BCUT2D eigenvalue weighted by Gasteiger charge is -2.47. The Morgan fingerprint density at radius 1 is 1.14 bits per heavy atom. The summed E-state index contributed by atoms with van der Waals surface area (Å²) in [5.41, 5.74) is 0.958. The van der Waals surface area contributed by atoms with Gasteiger partial charge in [0.15, 0.2) is 0 Å². The monoisotopic (exact) mass is 315 g/mol. The number of hydrogen-bond donors (Lipinski definition) is 1. The van der Waals surface area contributed by atoms with Crippen molar-refractivity contribution in [1.29, 1.82) is 0 Å². The molecule has 1 fully saturated rings. The number of nitrogens with one attached hydrogen (secondary N) is 1. The van der Waals surface area contributed by atoms with Gasteiger partial charge >= 0.3 is 0 Å². The average molecular weight is 316 g/mol. The van der Waals surface area contributed by atoms with E-state index in [0.29, 0.717) is 6.54 Å². The number of rotatable bonds is 4. The van der Waals surface area contributed by atoms with E-state index in [0.717, 1.165) is 19.3 Å². The predicted molar refractivity (Wildman–Crippen MR) is 92.3 cm³/mol. The Morgan fingerprint density at radius 2 is 1.82 bits per heavy atom. The van der Waals surface area contributed by atoms with Gasteiger partial charge in [-0.25, -0.2) is 0 Å². The molecular formula is C19H22ClNO. The van der Waals surface area contributed by atoms with Crippen LogP contribution in [0, 0.1) is 5.41 Å². The van der Waals surface area contributed by atoms with Crippen LogP contribution in [0.5, 0.6) is 0 Å². The zero-order valence-electron chi connectivity index (χ0n) is 13.2. The Kier molecular flexibility index (Phi) is 3.90. The van der Waals surface area contributed by atoms with E-state index in [1.807, 2.05) is 19.9 Å². The highest BCUT2D eigenvalue weighted by Gasteiger charge is 2.52. The normalized spacial score (nSPS) is 27.4. The number of carbonyl (C=O) groups is 1. The highest BCUT2D eigenvalue weighted by atomic mass is 35.5. The van der Waals surface area contributed by atoms with Crippen LogP contribution in [-0.4, -0.2) is 17.3 Å². The second-order valence-corrected chi connectivity index (χ2v) is 7.93. The summed E-state index contributed by atoms with van der Waals surface area (Å²) in [5, 5.41) is 5.56. The van der Waals surface area contributed by atoms with Gasteiger partial charge in [-0.1, -0.05) is 49.4 Å². The van der Waals surface area contributed by atoms with Crippen molar-refractivity contribution < 1.29 is 4.79 Å². The zero-order valence-corrected chi connectivity index (χ0v) is 13.9. The first kappa shape index (κ1) is 15.4. The van der Waals surface area contributed by atoms with Gasteiger partial charge in [0.2, 0.25) is 5.91 Å². The number of alkyl halides is 1. The molecule has 2 aromatic carbocycles. The van der Waals surface area contributed by atoms with Crippen molar-refractivity contribution in [2.45, 2.75) is 38.0 Å². The standard InChI is InChI=1S/C19H22ClNO/c1-18(12-19(2,20)13-18)17(22)21-10-9-14-7-8-15-5-3-4-6-16(15)11-14/h3-8,11H,9-10,12-13H2,1-2H3,(H,21,22). The van der Waals surface area contributed by atoms with E-state index in [9.17, 15) is 4.79 Å². The highest BCUT2D eigenvalue weighted by molar-refractivity contribution is 6.25. The SMILES string of the molecule is CC1(Cl)CC(C)(C(=O)NCCc2ccc3ccccc3c2)C1. The van der Waals surface area contributed by atoms with Crippen molar-refractivity contribution in [3.8, 4) is 0 Å². The Labute approximate surface area is 136 Å². The quantitative estimate of drug-likeness (QED) is 0.838. The molecular weight excluding hydrogens is 294 g/mol. The number of fused-ring (bicyclic) bond motifs is 1. The highest BCUT2D eigenvalue weighted by Crippen LogP contribution is 2.52. The Hall–Kier alpha value is -1.54. The van der Waals surface area contributed by atoms with Crippen molar-refractivity contribution in [1.82, 2.24) is 5.32 Å². The molecule has 0 heterocycles. The molecule has 0 aromatic heterocycles. The molecule has 2 aromatic rings. The van der Waals surface area contributed by atoms with Crippen LogP contribution in [0.4, 0.5) is 0 Å². The first-order valence-corrected chi connectivity index (χ1v) is 8.21. The molecule has 1 aliphatic rings. The summed E-state index contributed by atoms with van der Waals surface area (Å²) in [7, 11) is 0.